The molecular formula is C9H5N3S2. The summed E-state index contributed by atoms with van der Waals surface area (Å²) >= 11 is 6.73. The van der Waals surface area contributed by atoms with Crippen LogP contribution in [0.2, 0.25) is 0 Å². The molecule has 68 valence electrons. The number of hydrogen-bond acceptors (Lipinski definition) is 4. The molecule has 0 bridgehead atoms. The molecule has 0 saturated carbocycles. The molecular weight excluding hydrogens is 214 g/mol. The maximum atomic E-state index is 5.15. The van der Waals surface area contributed by atoms with E-state index in [0.29, 0.717) is 4.64 Å². The van der Waals surface area contributed by atoms with E-state index in [4.69, 9.17) is 12.2 Å². The predicted molar refractivity (Wildman–Crippen MR) is 60.1 cm³/mol. The minimum Gasteiger partial charge on any atom is -0.345 e. The van der Waals surface area contributed by atoms with Crippen LogP contribution in [0.25, 0.3) is 20.4 Å². The summed E-state index contributed by atoms with van der Waals surface area (Å²) in [7, 11) is 0. The Hall–Kier alpha value is -1.33. The summed E-state index contributed by atoms with van der Waals surface area (Å²) in [5.41, 5.74) is 1.04. The van der Waals surface area contributed by atoms with Crippen LogP contribution in [0, 0.1) is 4.64 Å². The highest BCUT2D eigenvalue weighted by Crippen LogP contribution is 2.30. The Balaban J connectivity index is 2.70. The van der Waals surface area contributed by atoms with Crippen LogP contribution in [-0.2, 0) is 0 Å². The molecule has 3 rings (SSSR count). The smallest absolute Gasteiger partial charge is 0.147 e. The Kier molecular flexibility index (Phi) is 1.62. The van der Waals surface area contributed by atoms with Gasteiger partial charge < -0.3 is 4.98 Å². The molecule has 0 amide bonds. The number of fused-ring (bicyclic) bond motifs is 3. The molecule has 0 saturated heterocycles. The van der Waals surface area contributed by atoms with Gasteiger partial charge in [-0.05, 0) is 12.1 Å². The molecule has 3 aromatic heterocycles. The van der Waals surface area contributed by atoms with Gasteiger partial charge in [-0.3, -0.25) is 0 Å². The fourth-order valence-corrected chi connectivity index (χ4v) is 2.72. The lowest BCUT2D eigenvalue weighted by Gasteiger charge is -1.89. The molecule has 1 N–H and O–H groups in total. The van der Waals surface area contributed by atoms with E-state index in [1.165, 1.54) is 0 Å². The maximum absolute atomic E-state index is 5.15. The van der Waals surface area contributed by atoms with Crippen molar-refractivity contribution < 1.29 is 0 Å². The van der Waals surface area contributed by atoms with E-state index in [9.17, 15) is 0 Å². The van der Waals surface area contributed by atoms with Crippen molar-refractivity contribution in [2.75, 3.05) is 0 Å². The van der Waals surface area contributed by atoms with Gasteiger partial charge in [0.25, 0.3) is 0 Å². The zero-order chi connectivity index (χ0) is 9.54. The maximum Gasteiger partial charge on any atom is 0.147 e. The molecule has 0 spiro atoms. The van der Waals surface area contributed by atoms with Gasteiger partial charge in [-0.1, -0.05) is 12.2 Å². The van der Waals surface area contributed by atoms with Crippen LogP contribution in [0.3, 0.4) is 0 Å². The van der Waals surface area contributed by atoms with Crippen LogP contribution < -0.4 is 0 Å². The molecule has 0 aromatic carbocycles. The van der Waals surface area contributed by atoms with Gasteiger partial charge in [0.2, 0.25) is 0 Å². The highest BCUT2D eigenvalue weighted by Gasteiger charge is 2.06. The Morgan fingerprint density at radius 2 is 2.29 bits per heavy atom. The largest absolute Gasteiger partial charge is 0.345 e. The van der Waals surface area contributed by atoms with E-state index in [1.807, 2.05) is 12.1 Å². The summed E-state index contributed by atoms with van der Waals surface area (Å²) in [6.45, 7) is 0. The average molecular weight is 219 g/mol. The first-order valence-corrected chi connectivity index (χ1v) is 5.29. The molecule has 3 heterocycles. The van der Waals surface area contributed by atoms with Gasteiger partial charge in [0, 0.05) is 11.6 Å². The molecule has 5 heteroatoms. The Morgan fingerprint density at radius 1 is 1.36 bits per heavy atom. The molecule has 0 atom stereocenters. The normalized spacial score (nSPS) is 11.1. The van der Waals surface area contributed by atoms with E-state index < -0.39 is 0 Å². The van der Waals surface area contributed by atoms with E-state index >= 15 is 0 Å². The van der Waals surface area contributed by atoms with Crippen LogP contribution in [0.15, 0.2) is 24.7 Å². The number of H-pyrrole nitrogens is 1. The third-order valence-electron chi connectivity index (χ3n) is 2.05. The van der Waals surface area contributed by atoms with Gasteiger partial charge >= 0.3 is 0 Å². The number of aromatic amines is 1. The molecule has 14 heavy (non-hydrogen) atoms. The van der Waals surface area contributed by atoms with E-state index in [0.717, 1.165) is 20.4 Å². The van der Waals surface area contributed by atoms with Crippen molar-refractivity contribution in [3.05, 3.63) is 29.3 Å². The highest BCUT2D eigenvalue weighted by atomic mass is 32.1. The summed E-state index contributed by atoms with van der Waals surface area (Å²) < 4.78 is 1.65. The third kappa shape index (κ3) is 0.995. The number of nitrogens with zero attached hydrogens (tertiary/aromatic N) is 2. The third-order valence-corrected chi connectivity index (χ3v) is 3.61. The molecule has 0 unspecified atom stereocenters. The summed E-state index contributed by atoms with van der Waals surface area (Å²) in [4.78, 5) is 12.4. The van der Waals surface area contributed by atoms with E-state index in [2.05, 4.69) is 15.0 Å². The lowest BCUT2D eigenvalue weighted by molar-refractivity contribution is 1.22. The zero-order valence-corrected chi connectivity index (χ0v) is 8.65. The first-order chi connectivity index (χ1) is 6.86. The van der Waals surface area contributed by atoms with Gasteiger partial charge in [-0.25, -0.2) is 9.97 Å². The van der Waals surface area contributed by atoms with Crippen molar-refractivity contribution in [2.24, 2.45) is 0 Å². The van der Waals surface area contributed by atoms with Crippen molar-refractivity contribution >= 4 is 44.0 Å². The monoisotopic (exact) mass is 219 g/mol. The van der Waals surface area contributed by atoms with Crippen molar-refractivity contribution in [3.8, 4) is 0 Å². The number of thiophene rings is 1. The van der Waals surface area contributed by atoms with Gasteiger partial charge in [0.05, 0.1) is 16.5 Å². The minimum atomic E-state index is 0.641. The van der Waals surface area contributed by atoms with Crippen LogP contribution in [0.4, 0.5) is 0 Å². The van der Waals surface area contributed by atoms with Crippen LogP contribution in [0.5, 0.6) is 0 Å². The number of aromatic nitrogens is 3. The summed E-state index contributed by atoms with van der Waals surface area (Å²) in [6.07, 6.45) is 3.41. The van der Waals surface area contributed by atoms with Gasteiger partial charge in [0.1, 0.15) is 9.47 Å². The molecule has 0 fully saturated rings. The van der Waals surface area contributed by atoms with Crippen molar-refractivity contribution in [1.82, 2.24) is 15.0 Å². The highest BCUT2D eigenvalue weighted by molar-refractivity contribution is 7.71. The van der Waals surface area contributed by atoms with Crippen molar-refractivity contribution in [1.29, 1.82) is 0 Å². The Morgan fingerprint density at radius 3 is 3.21 bits per heavy atom. The topological polar surface area (TPSA) is 41.6 Å². The lowest BCUT2D eigenvalue weighted by atomic mass is 10.3. The minimum absolute atomic E-state index is 0.641. The van der Waals surface area contributed by atoms with E-state index in [1.54, 1.807) is 23.9 Å². The Bertz CT molecular complexity index is 668. The quantitative estimate of drug-likeness (QED) is 0.591. The lowest BCUT2D eigenvalue weighted by Crippen LogP contribution is -1.77. The number of nitrogens with one attached hydrogen (secondary N) is 1. The molecule has 3 nitrogen and oxygen atoms in total. The van der Waals surface area contributed by atoms with Crippen LogP contribution >= 0.6 is 23.6 Å². The molecule has 0 aliphatic carbocycles. The first-order valence-electron chi connectivity index (χ1n) is 4.07. The number of hydrogen-bond donors (Lipinski definition) is 1. The van der Waals surface area contributed by atoms with Crippen molar-refractivity contribution in [3.63, 3.8) is 0 Å². The first kappa shape index (κ1) is 8.02. The van der Waals surface area contributed by atoms with Crippen LogP contribution in [0.1, 0.15) is 0 Å². The molecule has 3 aromatic rings. The second-order valence-electron chi connectivity index (χ2n) is 2.87. The SMILES string of the molecule is S=c1nc[nH]c2c1sc1ncccc12. The summed E-state index contributed by atoms with van der Waals surface area (Å²) in [5, 5.41) is 1.11. The van der Waals surface area contributed by atoms with Crippen molar-refractivity contribution in [2.45, 2.75) is 0 Å². The second-order valence-corrected chi connectivity index (χ2v) is 4.26. The zero-order valence-electron chi connectivity index (χ0n) is 7.02. The summed E-state index contributed by atoms with van der Waals surface area (Å²) in [5.74, 6) is 0. The average Bonchev–Trinajstić information content (AvgIpc) is 2.59. The Labute approximate surface area is 88.5 Å². The number of rotatable bonds is 0. The standard InChI is InChI=1S/C9H5N3S2/c13-8-7-6(11-4-12-8)5-2-1-3-10-9(5)14-7/h1-4H,(H,11,12,13). The van der Waals surface area contributed by atoms with Crippen LogP contribution in [-0.4, -0.2) is 15.0 Å². The molecule has 0 radical (unpaired) electrons. The molecule has 0 aliphatic heterocycles. The predicted octanol–water partition coefficient (Wildman–Crippen LogP) is 2.90. The molecule has 0 aliphatic rings. The summed E-state index contributed by atoms with van der Waals surface area (Å²) in [6, 6.07) is 3.96. The van der Waals surface area contributed by atoms with E-state index in [-0.39, 0.29) is 0 Å². The van der Waals surface area contributed by atoms with Gasteiger partial charge in [-0.15, -0.1) is 11.3 Å². The van der Waals surface area contributed by atoms with Gasteiger partial charge in [0.15, 0.2) is 0 Å². The fraction of sp³-hybridized carbons (Fsp3) is 0. The fourth-order valence-electron chi connectivity index (χ4n) is 1.44. The second kappa shape index (κ2) is 2.83. The number of pyridine rings is 1. The van der Waals surface area contributed by atoms with Gasteiger partial charge in [-0.2, -0.15) is 0 Å².